The Kier molecular flexibility index (Phi) is 9.44. The van der Waals surface area contributed by atoms with E-state index in [9.17, 15) is 4.79 Å². The molecule has 0 saturated heterocycles. The van der Waals surface area contributed by atoms with Gasteiger partial charge in [0.2, 0.25) is 0 Å². The minimum Gasteiger partial charge on any atom is -0.396 e. The number of rotatable bonds is 9. The molecule has 0 radical (unpaired) electrons. The first-order valence-corrected chi connectivity index (χ1v) is 5.43. The van der Waals surface area contributed by atoms with Crippen molar-refractivity contribution >= 4 is 5.78 Å². The van der Waals surface area contributed by atoms with Gasteiger partial charge in [0.15, 0.2) is 0 Å². The van der Waals surface area contributed by atoms with Crippen molar-refractivity contribution in [1.82, 2.24) is 0 Å². The second-order valence-electron chi connectivity index (χ2n) is 3.53. The zero-order valence-corrected chi connectivity index (χ0v) is 8.72. The Morgan fingerprint density at radius 1 is 1.00 bits per heavy atom. The molecule has 0 saturated carbocycles. The minimum absolute atomic E-state index is 0.300. The second kappa shape index (κ2) is 9.72. The number of ketones is 1. The topological polar surface area (TPSA) is 37.3 Å². The van der Waals surface area contributed by atoms with Crippen molar-refractivity contribution < 1.29 is 9.90 Å². The summed E-state index contributed by atoms with van der Waals surface area (Å²) >= 11 is 0. The van der Waals surface area contributed by atoms with E-state index in [0.717, 1.165) is 51.4 Å². The fraction of sp³-hybridized carbons (Fsp3) is 0.909. The lowest BCUT2D eigenvalue weighted by Gasteiger charge is -1.99. The molecule has 0 fully saturated rings. The summed E-state index contributed by atoms with van der Waals surface area (Å²) in [5.41, 5.74) is 0. The van der Waals surface area contributed by atoms with Crippen LogP contribution in [0.5, 0.6) is 0 Å². The molecule has 0 aromatic heterocycles. The number of unbranched alkanes of at least 4 members (excludes halogenated alkanes) is 4. The molecule has 0 rings (SSSR count). The van der Waals surface area contributed by atoms with Crippen LogP contribution in [0.25, 0.3) is 0 Å². The van der Waals surface area contributed by atoms with Crippen LogP contribution < -0.4 is 0 Å². The molecule has 0 aliphatic heterocycles. The summed E-state index contributed by atoms with van der Waals surface area (Å²) in [5.74, 6) is 0.407. The summed E-state index contributed by atoms with van der Waals surface area (Å²) in [6, 6.07) is 0. The molecule has 0 atom stereocenters. The average molecular weight is 186 g/mol. The molecule has 78 valence electrons. The highest BCUT2D eigenvalue weighted by atomic mass is 16.2. The molecule has 0 aliphatic rings. The Hall–Kier alpha value is -0.370. The lowest BCUT2D eigenvalue weighted by atomic mass is 10.1. The summed E-state index contributed by atoms with van der Waals surface area (Å²) in [4.78, 5) is 11.1. The van der Waals surface area contributed by atoms with Crippen LogP contribution in [0.15, 0.2) is 0 Å². The van der Waals surface area contributed by atoms with E-state index in [1.807, 2.05) is 6.92 Å². The summed E-state index contributed by atoms with van der Waals surface area (Å²) in [7, 11) is 0. The molecule has 1 N–H and O–H groups in total. The quantitative estimate of drug-likeness (QED) is 0.562. The van der Waals surface area contributed by atoms with Gasteiger partial charge < -0.3 is 5.11 Å². The van der Waals surface area contributed by atoms with Gasteiger partial charge in [-0.15, -0.1) is 0 Å². The van der Waals surface area contributed by atoms with Crippen LogP contribution in [-0.4, -0.2) is 17.5 Å². The van der Waals surface area contributed by atoms with Crippen LogP contribution in [0, 0.1) is 0 Å². The zero-order chi connectivity index (χ0) is 9.94. The third-order valence-corrected chi connectivity index (χ3v) is 2.14. The normalized spacial score (nSPS) is 10.3. The minimum atomic E-state index is 0.300. The largest absolute Gasteiger partial charge is 0.396 e. The van der Waals surface area contributed by atoms with Gasteiger partial charge in [0.05, 0.1) is 0 Å². The van der Waals surface area contributed by atoms with E-state index < -0.39 is 0 Å². The van der Waals surface area contributed by atoms with Gasteiger partial charge in [-0.05, 0) is 19.3 Å². The highest BCUT2D eigenvalue weighted by molar-refractivity contribution is 5.78. The first-order chi connectivity index (χ1) is 6.31. The molecule has 0 spiro atoms. The van der Waals surface area contributed by atoms with Crippen molar-refractivity contribution in [2.75, 3.05) is 6.61 Å². The molecule has 0 aromatic carbocycles. The van der Waals surface area contributed by atoms with Gasteiger partial charge in [-0.1, -0.05) is 26.2 Å². The molecule has 0 bridgehead atoms. The molecule has 0 aromatic rings. The average Bonchev–Trinajstić information content (AvgIpc) is 2.11. The van der Waals surface area contributed by atoms with Crippen molar-refractivity contribution in [2.45, 2.75) is 58.3 Å². The van der Waals surface area contributed by atoms with Crippen LogP contribution in [0.3, 0.4) is 0 Å². The molecule has 0 amide bonds. The van der Waals surface area contributed by atoms with Gasteiger partial charge in [-0.3, -0.25) is 4.79 Å². The molecule has 2 heteroatoms. The number of aliphatic hydroxyl groups excluding tert-OH is 1. The predicted molar refractivity (Wildman–Crippen MR) is 54.7 cm³/mol. The van der Waals surface area contributed by atoms with Crippen molar-refractivity contribution in [1.29, 1.82) is 0 Å². The molecular formula is C11H22O2. The monoisotopic (exact) mass is 186 g/mol. The number of hydrogen-bond donors (Lipinski definition) is 1. The van der Waals surface area contributed by atoms with E-state index in [1.165, 1.54) is 0 Å². The second-order valence-corrected chi connectivity index (χ2v) is 3.53. The van der Waals surface area contributed by atoms with E-state index in [-0.39, 0.29) is 0 Å². The lowest BCUT2D eigenvalue weighted by molar-refractivity contribution is -0.119. The Labute approximate surface area is 81.3 Å². The zero-order valence-electron chi connectivity index (χ0n) is 8.72. The maximum Gasteiger partial charge on any atom is 0.132 e. The predicted octanol–water partition coefficient (Wildman–Crippen LogP) is 2.69. The molecular weight excluding hydrogens is 164 g/mol. The molecule has 13 heavy (non-hydrogen) atoms. The Morgan fingerprint density at radius 3 is 2.23 bits per heavy atom. The Bertz CT molecular complexity index is 121. The van der Waals surface area contributed by atoms with E-state index >= 15 is 0 Å². The molecule has 0 unspecified atom stereocenters. The van der Waals surface area contributed by atoms with Crippen molar-refractivity contribution in [2.24, 2.45) is 0 Å². The summed E-state index contributed by atoms with van der Waals surface area (Å²) in [6.07, 6.45) is 7.80. The molecule has 0 heterocycles. The number of hydrogen-bond acceptors (Lipinski definition) is 2. The van der Waals surface area contributed by atoms with Gasteiger partial charge in [0, 0.05) is 19.4 Å². The summed E-state index contributed by atoms with van der Waals surface area (Å²) < 4.78 is 0. The van der Waals surface area contributed by atoms with E-state index in [2.05, 4.69) is 0 Å². The fourth-order valence-corrected chi connectivity index (χ4v) is 1.37. The Balaban J connectivity index is 3.02. The van der Waals surface area contributed by atoms with Gasteiger partial charge in [0.1, 0.15) is 5.78 Å². The summed E-state index contributed by atoms with van der Waals surface area (Å²) in [5, 5.41) is 8.53. The number of aliphatic hydroxyl groups is 1. The highest BCUT2D eigenvalue weighted by Crippen LogP contribution is 2.06. The van der Waals surface area contributed by atoms with Gasteiger partial charge in [-0.2, -0.15) is 0 Å². The number of carbonyl (C=O) groups excluding carboxylic acids is 1. The lowest BCUT2D eigenvalue weighted by Crippen LogP contribution is -1.96. The van der Waals surface area contributed by atoms with Crippen molar-refractivity contribution in [3.63, 3.8) is 0 Å². The summed E-state index contributed by atoms with van der Waals surface area (Å²) in [6.45, 7) is 2.34. The molecule has 2 nitrogen and oxygen atoms in total. The van der Waals surface area contributed by atoms with E-state index in [1.54, 1.807) is 0 Å². The van der Waals surface area contributed by atoms with Gasteiger partial charge in [0.25, 0.3) is 0 Å². The third-order valence-electron chi connectivity index (χ3n) is 2.14. The maximum absolute atomic E-state index is 11.1. The number of Topliss-reactive ketones (excluding diaryl/α,β-unsaturated/α-hetero) is 1. The highest BCUT2D eigenvalue weighted by Gasteiger charge is 1.99. The number of carbonyl (C=O) groups is 1. The first-order valence-electron chi connectivity index (χ1n) is 5.43. The Morgan fingerprint density at radius 2 is 1.62 bits per heavy atom. The van der Waals surface area contributed by atoms with Gasteiger partial charge in [-0.25, -0.2) is 0 Å². The van der Waals surface area contributed by atoms with E-state index in [4.69, 9.17) is 5.11 Å². The standard InChI is InChI=1S/C11H22O2/c1-2-8-11(13)9-6-4-3-5-7-10-12/h12H,2-10H2,1H3. The third kappa shape index (κ3) is 9.54. The van der Waals surface area contributed by atoms with Crippen molar-refractivity contribution in [3.05, 3.63) is 0 Å². The fourth-order valence-electron chi connectivity index (χ4n) is 1.37. The van der Waals surface area contributed by atoms with E-state index in [0.29, 0.717) is 12.4 Å². The molecule has 0 aliphatic carbocycles. The maximum atomic E-state index is 11.1. The smallest absolute Gasteiger partial charge is 0.132 e. The SMILES string of the molecule is CCCC(=O)CCCCCCCO. The van der Waals surface area contributed by atoms with Crippen LogP contribution in [0.2, 0.25) is 0 Å². The van der Waals surface area contributed by atoms with Crippen LogP contribution >= 0.6 is 0 Å². The van der Waals surface area contributed by atoms with Crippen LogP contribution in [-0.2, 0) is 4.79 Å². The van der Waals surface area contributed by atoms with Crippen LogP contribution in [0.4, 0.5) is 0 Å². The van der Waals surface area contributed by atoms with Crippen LogP contribution in [0.1, 0.15) is 58.3 Å². The first kappa shape index (κ1) is 12.6. The van der Waals surface area contributed by atoms with Crippen molar-refractivity contribution in [3.8, 4) is 0 Å². The van der Waals surface area contributed by atoms with Gasteiger partial charge >= 0.3 is 0 Å².